The van der Waals surface area contributed by atoms with Gasteiger partial charge in [0.25, 0.3) is 0 Å². The molecule has 0 amide bonds. The molecule has 5 nitrogen and oxygen atoms in total. The van der Waals surface area contributed by atoms with Crippen LogP contribution in [0.2, 0.25) is 0 Å². The molecule has 0 bridgehead atoms. The monoisotopic (exact) mass is 376 g/mol. The maximum Gasteiger partial charge on any atom is 0.205 e. The van der Waals surface area contributed by atoms with E-state index >= 15 is 0 Å². The van der Waals surface area contributed by atoms with Crippen molar-refractivity contribution in [3.8, 4) is 27.4 Å². The molecule has 0 saturated heterocycles. The van der Waals surface area contributed by atoms with Gasteiger partial charge >= 0.3 is 0 Å². The number of benzene rings is 2. The first kappa shape index (κ1) is 16.3. The van der Waals surface area contributed by atoms with Crippen LogP contribution in [0.3, 0.4) is 0 Å². The highest BCUT2D eigenvalue weighted by Crippen LogP contribution is 2.40. The fraction of sp³-hybridized carbons (Fsp3) is 0.238. The standard InChI is InChI=1S/C21H20N4OS/c1-21(2)10-14-5-4-12(9-18(14)26-21)16-11-23-17-7-6-13(8-15(16)17)19-24-25-20(22-3)27-19/h4-9,11,23H,10H2,1-3H3,(H,22,25). The van der Waals surface area contributed by atoms with E-state index in [4.69, 9.17) is 4.74 Å². The van der Waals surface area contributed by atoms with Gasteiger partial charge in [-0.1, -0.05) is 23.5 Å². The highest BCUT2D eigenvalue weighted by Gasteiger charge is 2.30. The summed E-state index contributed by atoms with van der Waals surface area (Å²) in [7, 11) is 1.86. The quantitative estimate of drug-likeness (QED) is 0.522. The molecule has 6 heteroatoms. The first-order valence-electron chi connectivity index (χ1n) is 8.97. The second-order valence-corrected chi connectivity index (χ2v) is 8.46. The van der Waals surface area contributed by atoms with Gasteiger partial charge in [0.2, 0.25) is 5.13 Å². The molecule has 2 aromatic heterocycles. The predicted octanol–water partition coefficient (Wildman–Crippen LogP) is 5.11. The molecule has 136 valence electrons. The third-order valence-corrected chi connectivity index (χ3v) is 5.94. The lowest BCUT2D eigenvalue weighted by atomic mass is 9.98. The fourth-order valence-corrected chi connectivity index (χ4v) is 4.38. The molecule has 0 radical (unpaired) electrons. The summed E-state index contributed by atoms with van der Waals surface area (Å²) < 4.78 is 6.12. The Morgan fingerprint density at radius 2 is 1.96 bits per heavy atom. The number of aromatic amines is 1. The molecule has 0 fully saturated rings. The van der Waals surface area contributed by atoms with Crippen molar-refractivity contribution in [2.45, 2.75) is 25.9 Å². The third-order valence-electron chi connectivity index (χ3n) is 4.95. The lowest BCUT2D eigenvalue weighted by molar-refractivity contribution is 0.138. The Morgan fingerprint density at radius 1 is 1.11 bits per heavy atom. The number of nitrogens with one attached hydrogen (secondary N) is 2. The molecule has 0 spiro atoms. The van der Waals surface area contributed by atoms with E-state index in [1.54, 1.807) is 11.3 Å². The normalized spacial score (nSPS) is 14.9. The van der Waals surface area contributed by atoms with E-state index in [1.807, 2.05) is 7.05 Å². The maximum atomic E-state index is 6.12. The third kappa shape index (κ3) is 2.77. The fourth-order valence-electron chi connectivity index (χ4n) is 3.69. The van der Waals surface area contributed by atoms with Crippen molar-refractivity contribution in [1.29, 1.82) is 0 Å². The molecule has 0 atom stereocenters. The summed E-state index contributed by atoms with van der Waals surface area (Å²) in [5.41, 5.74) is 5.65. The second kappa shape index (κ2) is 5.82. The molecule has 3 heterocycles. The number of aromatic nitrogens is 3. The lowest BCUT2D eigenvalue weighted by Crippen LogP contribution is -2.24. The van der Waals surface area contributed by atoms with Crippen LogP contribution in [0.5, 0.6) is 5.75 Å². The van der Waals surface area contributed by atoms with Gasteiger partial charge < -0.3 is 15.0 Å². The van der Waals surface area contributed by atoms with Gasteiger partial charge in [0.1, 0.15) is 16.4 Å². The van der Waals surface area contributed by atoms with Gasteiger partial charge in [0.05, 0.1) is 0 Å². The van der Waals surface area contributed by atoms with E-state index in [-0.39, 0.29) is 5.60 Å². The van der Waals surface area contributed by atoms with E-state index < -0.39 is 0 Å². The SMILES string of the molecule is CNc1nnc(-c2ccc3[nH]cc(-c4ccc5c(c4)OC(C)(C)C5)c3c2)s1. The van der Waals surface area contributed by atoms with Crippen LogP contribution in [-0.4, -0.2) is 27.8 Å². The number of ether oxygens (including phenoxy) is 1. The minimum absolute atomic E-state index is 0.128. The Morgan fingerprint density at radius 3 is 2.78 bits per heavy atom. The maximum absolute atomic E-state index is 6.12. The van der Waals surface area contributed by atoms with Gasteiger partial charge in [-0.25, -0.2) is 0 Å². The summed E-state index contributed by atoms with van der Waals surface area (Å²) in [5, 5.41) is 14.4. The molecule has 2 aromatic carbocycles. The summed E-state index contributed by atoms with van der Waals surface area (Å²) in [6.45, 7) is 4.26. The first-order valence-corrected chi connectivity index (χ1v) is 9.79. The van der Waals surface area contributed by atoms with Crippen molar-refractivity contribution < 1.29 is 4.74 Å². The number of hydrogen-bond acceptors (Lipinski definition) is 5. The number of fused-ring (bicyclic) bond motifs is 2. The summed E-state index contributed by atoms with van der Waals surface area (Å²) in [5.74, 6) is 0.991. The molecule has 1 aliphatic rings. The van der Waals surface area contributed by atoms with E-state index in [0.29, 0.717) is 0 Å². The van der Waals surface area contributed by atoms with E-state index in [2.05, 4.69) is 76.9 Å². The molecular weight excluding hydrogens is 356 g/mol. The van der Waals surface area contributed by atoms with Gasteiger partial charge in [-0.3, -0.25) is 0 Å². The number of rotatable bonds is 3. The summed E-state index contributed by atoms with van der Waals surface area (Å²) in [4.78, 5) is 3.38. The van der Waals surface area contributed by atoms with Crippen LogP contribution >= 0.6 is 11.3 Å². The number of H-pyrrole nitrogens is 1. The topological polar surface area (TPSA) is 62.8 Å². The van der Waals surface area contributed by atoms with Crippen molar-refractivity contribution in [2.75, 3.05) is 12.4 Å². The summed E-state index contributed by atoms with van der Waals surface area (Å²) in [6, 6.07) is 12.9. The molecule has 5 rings (SSSR count). The highest BCUT2D eigenvalue weighted by atomic mass is 32.1. The van der Waals surface area contributed by atoms with Crippen molar-refractivity contribution >= 4 is 27.4 Å². The number of anilines is 1. The molecule has 4 aromatic rings. The molecule has 0 unspecified atom stereocenters. The minimum atomic E-state index is -0.128. The average Bonchev–Trinajstić information content (AvgIpc) is 3.35. The van der Waals surface area contributed by atoms with Gasteiger partial charge in [-0.15, -0.1) is 10.2 Å². The predicted molar refractivity (Wildman–Crippen MR) is 111 cm³/mol. The zero-order chi connectivity index (χ0) is 18.6. The van der Waals surface area contributed by atoms with Gasteiger partial charge in [-0.2, -0.15) is 0 Å². The Bertz CT molecular complexity index is 1160. The Balaban J connectivity index is 1.59. The van der Waals surface area contributed by atoms with Gasteiger partial charge in [0.15, 0.2) is 0 Å². The van der Waals surface area contributed by atoms with Gasteiger partial charge in [-0.05, 0) is 49.2 Å². The average molecular weight is 376 g/mol. The molecule has 1 aliphatic heterocycles. The Labute approximate surface area is 161 Å². The summed E-state index contributed by atoms with van der Waals surface area (Å²) in [6.07, 6.45) is 3.01. The number of hydrogen-bond donors (Lipinski definition) is 2. The Hall–Kier alpha value is -2.86. The van der Waals surface area contributed by atoms with Crippen molar-refractivity contribution in [2.24, 2.45) is 0 Å². The van der Waals surface area contributed by atoms with Crippen LogP contribution in [0, 0.1) is 0 Å². The number of nitrogens with zero attached hydrogens (tertiary/aromatic N) is 2. The van der Waals surface area contributed by atoms with Crippen LogP contribution in [0.25, 0.3) is 32.6 Å². The highest BCUT2D eigenvalue weighted by molar-refractivity contribution is 7.18. The molecule has 0 aliphatic carbocycles. The molecule has 2 N–H and O–H groups in total. The molecule has 0 saturated carbocycles. The first-order chi connectivity index (χ1) is 13.0. The largest absolute Gasteiger partial charge is 0.487 e. The minimum Gasteiger partial charge on any atom is -0.487 e. The zero-order valence-corrected chi connectivity index (χ0v) is 16.3. The van der Waals surface area contributed by atoms with Crippen LogP contribution < -0.4 is 10.1 Å². The van der Waals surface area contributed by atoms with Crippen molar-refractivity contribution in [3.63, 3.8) is 0 Å². The molecular formula is C21H20N4OS. The second-order valence-electron chi connectivity index (χ2n) is 7.49. The van der Waals surface area contributed by atoms with Crippen LogP contribution in [-0.2, 0) is 6.42 Å². The van der Waals surface area contributed by atoms with E-state index in [9.17, 15) is 0 Å². The van der Waals surface area contributed by atoms with Crippen molar-refractivity contribution in [3.05, 3.63) is 48.2 Å². The van der Waals surface area contributed by atoms with Gasteiger partial charge in [0, 0.05) is 41.7 Å². The lowest BCUT2D eigenvalue weighted by Gasteiger charge is -2.16. The van der Waals surface area contributed by atoms with E-state index in [1.165, 1.54) is 16.5 Å². The summed E-state index contributed by atoms with van der Waals surface area (Å²) >= 11 is 1.55. The van der Waals surface area contributed by atoms with Crippen LogP contribution in [0.1, 0.15) is 19.4 Å². The smallest absolute Gasteiger partial charge is 0.205 e. The van der Waals surface area contributed by atoms with Crippen LogP contribution in [0.15, 0.2) is 42.6 Å². The molecule has 27 heavy (non-hydrogen) atoms. The zero-order valence-electron chi connectivity index (χ0n) is 15.5. The van der Waals surface area contributed by atoms with Crippen molar-refractivity contribution in [1.82, 2.24) is 15.2 Å². The Kier molecular flexibility index (Phi) is 3.52. The van der Waals surface area contributed by atoms with E-state index in [0.717, 1.165) is 39.0 Å². The van der Waals surface area contributed by atoms with Crippen LogP contribution in [0.4, 0.5) is 5.13 Å².